The Morgan fingerprint density at radius 2 is 1.94 bits per heavy atom. The lowest BCUT2D eigenvalue weighted by Gasteiger charge is -2.24. The van der Waals surface area contributed by atoms with E-state index in [-0.39, 0.29) is 11.6 Å². The van der Waals surface area contributed by atoms with Crippen LogP contribution in [0.1, 0.15) is 26.3 Å². The van der Waals surface area contributed by atoms with Crippen molar-refractivity contribution in [2.45, 2.75) is 32.7 Å². The van der Waals surface area contributed by atoms with E-state index >= 15 is 0 Å². The molecule has 5 nitrogen and oxygen atoms in total. The maximum atomic E-state index is 12.0. The van der Waals surface area contributed by atoms with Crippen molar-refractivity contribution < 1.29 is 4.79 Å². The minimum Gasteiger partial charge on any atom is -0.320 e. The van der Waals surface area contributed by atoms with Gasteiger partial charge in [-0.15, -0.1) is 0 Å². The highest BCUT2D eigenvalue weighted by molar-refractivity contribution is 5.93. The van der Waals surface area contributed by atoms with Crippen LogP contribution in [0.2, 0.25) is 0 Å². The largest absolute Gasteiger partial charge is 0.327 e. The topological polar surface area (TPSA) is 49.3 Å². The molecule has 0 aliphatic carbocycles. The molecule has 0 N–H and O–H groups in total. The molecule has 1 saturated heterocycles. The van der Waals surface area contributed by atoms with E-state index in [4.69, 9.17) is 0 Å². The number of rotatable bonds is 2. The van der Waals surface area contributed by atoms with Crippen molar-refractivity contribution in [1.82, 2.24) is 14.9 Å². The molecule has 0 unspecified atom stereocenters. The van der Waals surface area contributed by atoms with Gasteiger partial charge in [0.15, 0.2) is 0 Å². The molecule has 0 radical (unpaired) electrons. The van der Waals surface area contributed by atoms with E-state index in [2.05, 4.69) is 16.9 Å². The molecule has 1 aliphatic heterocycles. The molecule has 17 heavy (non-hydrogen) atoms. The Labute approximate surface area is 101 Å². The molecular weight excluding hydrogens is 216 g/mol. The van der Waals surface area contributed by atoms with Gasteiger partial charge in [0.1, 0.15) is 0 Å². The normalized spacial score (nSPS) is 18.9. The van der Waals surface area contributed by atoms with Gasteiger partial charge >= 0.3 is 6.03 Å². The summed E-state index contributed by atoms with van der Waals surface area (Å²) < 4.78 is 0. The molecule has 1 aliphatic rings. The average Bonchev–Trinajstić information content (AvgIpc) is 2.53. The standard InChI is InChI=1S/C12H18N4O/c1-5-9-6-13-10(14-7-9)16-8-12(2,3)15(4)11(16)17/h6-7H,5,8H2,1-4H3. The van der Waals surface area contributed by atoms with Crippen molar-refractivity contribution in [3.8, 4) is 0 Å². The van der Waals surface area contributed by atoms with Crippen LogP contribution in [0.25, 0.3) is 0 Å². The van der Waals surface area contributed by atoms with Crippen LogP contribution in [0.3, 0.4) is 0 Å². The smallest absolute Gasteiger partial charge is 0.320 e. The highest BCUT2D eigenvalue weighted by Gasteiger charge is 2.42. The molecule has 1 fully saturated rings. The van der Waals surface area contributed by atoms with Crippen LogP contribution in [-0.2, 0) is 6.42 Å². The predicted octanol–water partition coefficient (Wildman–Crippen LogP) is 1.69. The Kier molecular flexibility index (Phi) is 2.77. The first-order chi connectivity index (χ1) is 7.95. The fourth-order valence-electron chi connectivity index (χ4n) is 1.83. The fraction of sp³-hybridized carbons (Fsp3) is 0.583. The average molecular weight is 234 g/mol. The van der Waals surface area contributed by atoms with Gasteiger partial charge in [0.25, 0.3) is 0 Å². The number of likely N-dealkylation sites (N-methyl/N-ethyl adjacent to an activating group) is 1. The molecule has 0 spiro atoms. The molecule has 5 heteroatoms. The lowest BCUT2D eigenvalue weighted by Crippen LogP contribution is -2.38. The summed E-state index contributed by atoms with van der Waals surface area (Å²) in [5.41, 5.74) is 0.900. The van der Waals surface area contributed by atoms with Gasteiger partial charge in [-0.1, -0.05) is 6.92 Å². The van der Waals surface area contributed by atoms with E-state index in [1.54, 1.807) is 22.2 Å². The van der Waals surface area contributed by atoms with Crippen LogP contribution < -0.4 is 4.90 Å². The number of carbonyl (C=O) groups excluding carboxylic acids is 1. The van der Waals surface area contributed by atoms with Crippen LogP contribution in [0.4, 0.5) is 10.7 Å². The Bertz CT molecular complexity index is 427. The number of nitrogens with zero attached hydrogens (tertiary/aromatic N) is 4. The van der Waals surface area contributed by atoms with Crippen molar-refractivity contribution in [3.63, 3.8) is 0 Å². The quantitative estimate of drug-likeness (QED) is 0.782. The van der Waals surface area contributed by atoms with Gasteiger partial charge in [-0.25, -0.2) is 14.8 Å². The Morgan fingerprint density at radius 1 is 1.35 bits per heavy atom. The maximum Gasteiger partial charge on any atom is 0.327 e. The number of aromatic nitrogens is 2. The SMILES string of the molecule is CCc1cnc(N2CC(C)(C)N(C)C2=O)nc1. The molecule has 0 atom stereocenters. The Morgan fingerprint density at radius 3 is 2.35 bits per heavy atom. The first-order valence-corrected chi connectivity index (χ1v) is 5.82. The van der Waals surface area contributed by atoms with Crippen molar-refractivity contribution in [3.05, 3.63) is 18.0 Å². The highest BCUT2D eigenvalue weighted by Crippen LogP contribution is 2.26. The molecule has 0 saturated carbocycles. The third kappa shape index (κ3) is 1.97. The summed E-state index contributed by atoms with van der Waals surface area (Å²) in [5, 5.41) is 0. The molecule has 1 aromatic rings. The molecule has 2 heterocycles. The number of urea groups is 1. The Balaban J connectivity index is 2.26. The van der Waals surface area contributed by atoms with E-state index in [9.17, 15) is 4.79 Å². The summed E-state index contributed by atoms with van der Waals surface area (Å²) in [6.07, 6.45) is 4.46. The summed E-state index contributed by atoms with van der Waals surface area (Å²) >= 11 is 0. The van der Waals surface area contributed by atoms with Crippen LogP contribution in [0.5, 0.6) is 0 Å². The first-order valence-electron chi connectivity index (χ1n) is 5.82. The van der Waals surface area contributed by atoms with E-state index in [0.29, 0.717) is 12.5 Å². The summed E-state index contributed by atoms with van der Waals surface area (Å²) in [6.45, 7) is 6.74. The molecule has 2 amide bonds. The highest BCUT2D eigenvalue weighted by atomic mass is 16.2. The predicted molar refractivity (Wildman–Crippen MR) is 66.0 cm³/mol. The zero-order valence-electron chi connectivity index (χ0n) is 10.8. The van der Waals surface area contributed by atoms with Crippen LogP contribution >= 0.6 is 0 Å². The van der Waals surface area contributed by atoms with Gasteiger partial charge in [0.2, 0.25) is 5.95 Å². The van der Waals surface area contributed by atoms with Gasteiger partial charge in [-0.05, 0) is 25.8 Å². The maximum absolute atomic E-state index is 12.0. The molecule has 2 rings (SSSR count). The summed E-state index contributed by atoms with van der Waals surface area (Å²) in [7, 11) is 1.81. The zero-order chi connectivity index (χ0) is 12.6. The van der Waals surface area contributed by atoms with E-state index < -0.39 is 0 Å². The molecule has 1 aromatic heterocycles. The minimum atomic E-state index is -0.177. The first kappa shape index (κ1) is 11.8. The second-order valence-corrected chi connectivity index (χ2v) is 4.99. The van der Waals surface area contributed by atoms with Gasteiger partial charge in [0, 0.05) is 19.4 Å². The number of hydrogen-bond donors (Lipinski definition) is 0. The third-order valence-corrected chi connectivity index (χ3v) is 3.31. The van der Waals surface area contributed by atoms with Gasteiger partial charge in [0.05, 0.1) is 12.1 Å². The Hall–Kier alpha value is -1.65. The van der Waals surface area contributed by atoms with Crippen molar-refractivity contribution >= 4 is 12.0 Å². The van der Waals surface area contributed by atoms with Crippen LogP contribution in [-0.4, -0.2) is 40.0 Å². The number of hydrogen-bond acceptors (Lipinski definition) is 3. The lowest BCUT2D eigenvalue weighted by molar-refractivity contribution is 0.198. The van der Waals surface area contributed by atoms with Gasteiger partial charge in [-0.3, -0.25) is 4.90 Å². The second-order valence-electron chi connectivity index (χ2n) is 4.99. The molecule has 0 bridgehead atoms. The summed E-state index contributed by atoms with van der Waals surface area (Å²) in [4.78, 5) is 23.9. The van der Waals surface area contributed by atoms with Crippen molar-refractivity contribution in [2.75, 3.05) is 18.5 Å². The molecule has 92 valence electrons. The van der Waals surface area contributed by atoms with Crippen molar-refractivity contribution in [1.29, 1.82) is 0 Å². The van der Waals surface area contributed by atoms with Crippen molar-refractivity contribution in [2.24, 2.45) is 0 Å². The van der Waals surface area contributed by atoms with E-state index in [1.807, 2.05) is 20.9 Å². The monoisotopic (exact) mass is 234 g/mol. The number of amides is 2. The fourth-order valence-corrected chi connectivity index (χ4v) is 1.83. The van der Waals surface area contributed by atoms with Gasteiger partial charge < -0.3 is 4.90 Å². The number of carbonyl (C=O) groups is 1. The van der Waals surface area contributed by atoms with Crippen LogP contribution in [0.15, 0.2) is 12.4 Å². The number of anilines is 1. The third-order valence-electron chi connectivity index (χ3n) is 3.31. The molecular formula is C12H18N4O. The van der Waals surface area contributed by atoms with Gasteiger partial charge in [-0.2, -0.15) is 0 Å². The van der Waals surface area contributed by atoms with E-state index in [1.165, 1.54) is 0 Å². The summed E-state index contributed by atoms with van der Waals surface area (Å²) in [5.74, 6) is 0.490. The second kappa shape index (κ2) is 3.98. The molecule has 0 aromatic carbocycles. The summed E-state index contributed by atoms with van der Waals surface area (Å²) in [6, 6.07) is -0.0424. The minimum absolute atomic E-state index is 0.0424. The number of aryl methyl sites for hydroxylation is 1. The van der Waals surface area contributed by atoms with E-state index in [0.717, 1.165) is 12.0 Å². The zero-order valence-corrected chi connectivity index (χ0v) is 10.8. The van der Waals surface area contributed by atoms with Crippen LogP contribution in [0, 0.1) is 0 Å². The lowest BCUT2D eigenvalue weighted by atomic mass is 10.1.